The summed E-state index contributed by atoms with van der Waals surface area (Å²) in [5.41, 5.74) is 4.28. The lowest BCUT2D eigenvalue weighted by atomic mass is 9.98. The predicted molar refractivity (Wildman–Crippen MR) is 140 cm³/mol. The quantitative estimate of drug-likeness (QED) is 0.264. The number of hydrogen-bond donors (Lipinski definition) is 1. The van der Waals surface area contributed by atoms with Crippen molar-refractivity contribution in [1.82, 2.24) is 9.55 Å². The van der Waals surface area contributed by atoms with Gasteiger partial charge in [0.25, 0.3) is 0 Å². The van der Waals surface area contributed by atoms with Gasteiger partial charge in [0.1, 0.15) is 10.9 Å². The summed E-state index contributed by atoms with van der Waals surface area (Å²) in [5, 5.41) is 11.1. The SMILES string of the molecule is CCCCc1nc(Sc2ccccc2)c(CO)n1Cc1ccc(-c2ccccc2C(=O)OC)cc1. The molecule has 6 heteroatoms. The molecule has 0 saturated carbocycles. The van der Waals surface area contributed by atoms with E-state index in [2.05, 4.69) is 35.8 Å². The van der Waals surface area contributed by atoms with Gasteiger partial charge >= 0.3 is 5.97 Å². The molecule has 1 heterocycles. The van der Waals surface area contributed by atoms with Crippen molar-refractivity contribution < 1.29 is 14.6 Å². The summed E-state index contributed by atoms with van der Waals surface area (Å²) in [6.07, 6.45) is 2.99. The minimum Gasteiger partial charge on any atom is -0.465 e. The molecule has 4 rings (SSSR count). The van der Waals surface area contributed by atoms with Gasteiger partial charge in [0, 0.05) is 17.9 Å². The van der Waals surface area contributed by atoms with Crippen LogP contribution < -0.4 is 0 Å². The van der Waals surface area contributed by atoms with E-state index in [9.17, 15) is 9.90 Å². The molecule has 0 radical (unpaired) electrons. The van der Waals surface area contributed by atoms with Gasteiger partial charge in [-0.2, -0.15) is 0 Å². The van der Waals surface area contributed by atoms with Crippen molar-refractivity contribution in [1.29, 1.82) is 0 Å². The Morgan fingerprint density at radius 3 is 2.40 bits per heavy atom. The van der Waals surface area contributed by atoms with E-state index in [1.165, 1.54) is 7.11 Å². The third-order valence-electron chi connectivity index (χ3n) is 5.91. The van der Waals surface area contributed by atoms with Crippen LogP contribution in [0.3, 0.4) is 0 Å². The van der Waals surface area contributed by atoms with Crippen LogP contribution in [0.25, 0.3) is 11.1 Å². The molecule has 1 aromatic heterocycles. The summed E-state index contributed by atoms with van der Waals surface area (Å²) in [7, 11) is 1.40. The molecule has 0 bridgehead atoms. The fourth-order valence-corrected chi connectivity index (χ4v) is 5.02. The van der Waals surface area contributed by atoms with Gasteiger partial charge in [-0.15, -0.1) is 0 Å². The fraction of sp³-hybridized carbons (Fsp3) is 0.241. The van der Waals surface area contributed by atoms with Gasteiger partial charge in [0.2, 0.25) is 0 Å². The molecule has 0 fully saturated rings. The predicted octanol–water partition coefficient (Wildman–Crippen LogP) is 6.37. The van der Waals surface area contributed by atoms with E-state index in [1.54, 1.807) is 17.8 Å². The number of benzene rings is 3. The molecule has 180 valence electrons. The van der Waals surface area contributed by atoms with Gasteiger partial charge < -0.3 is 14.4 Å². The Morgan fingerprint density at radius 1 is 1.00 bits per heavy atom. The van der Waals surface area contributed by atoms with E-state index in [0.29, 0.717) is 12.1 Å². The topological polar surface area (TPSA) is 64.4 Å². The maximum atomic E-state index is 12.2. The first-order chi connectivity index (χ1) is 17.1. The fourth-order valence-electron chi connectivity index (χ4n) is 4.06. The number of aromatic nitrogens is 2. The van der Waals surface area contributed by atoms with Gasteiger partial charge in [-0.25, -0.2) is 9.78 Å². The molecule has 0 spiro atoms. The molecule has 0 atom stereocenters. The van der Waals surface area contributed by atoms with Gasteiger partial charge in [-0.05, 0) is 41.3 Å². The second-order valence-electron chi connectivity index (χ2n) is 8.28. The number of carbonyl (C=O) groups excluding carboxylic acids is 1. The van der Waals surface area contributed by atoms with Crippen LogP contribution in [0.4, 0.5) is 0 Å². The van der Waals surface area contributed by atoms with Crippen LogP contribution in [0.2, 0.25) is 0 Å². The highest BCUT2D eigenvalue weighted by atomic mass is 32.2. The number of carbonyl (C=O) groups is 1. The van der Waals surface area contributed by atoms with Crippen molar-refractivity contribution in [3.63, 3.8) is 0 Å². The highest BCUT2D eigenvalue weighted by Crippen LogP contribution is 2.32. The number of imidazole rings is 1. The van der Waals surface area contributed by atoms with E-state index >= 15 is 0 Å². The Kier molecular flexibility index (Phi) is 8.40. The number of hydrogen-bond acceptors (Lipinski definition) is 5. The Labute approximate surface area is 210 Å². The second-order valence-corrected chi connectivity index (χ2v) is 9.34. The van der Waals surface area contributed by atoms with Crippen molar-refractivity contribution in [2.45, 2.75) is 49.3 Å². The van der Waals surface area contributed by atoms with Crippen molar-refractivity contribution in [3.8, 4) is 11.1 Å². The van der Waals surface area contributed by atoms with Crippen LogP contribution in [-0.2, 0) is 24.3 Å². The highest BCUT2D eigenvalue weighted by molar-refractivity contribution is 7.99. The lowest BCUT2D eigenvalue weighted by Crippen LogP contribution is -2.09. The number of aryl methyl sites for hydroxylation is 1. The maximum Gasteiger partial charge on any atom is 0.338 e. The van der Waals surface area contributed by atoms with Crippen LogP contribution in [-0.4, -0.2) is 27.7 Å². The molecular formula is C29H30N2O3S. The van der Waals surface area contributed by atoms with E-state index in [-0.39, 0.29) is 12.6 Å². The molecule has 4 aromatic rings. The first-order valence-electron chi connectivity index (χ1n) is 11.8. The zero-order valence-electron chi connectivity index (χ0n) is 20.1. The zero-order chi connectivity index (χ0) is 24.6. The Morgan fingerprint density at radius 2 is 1.71 bits per heavy atom. The summed E-state index contributed by atoms with van der Waals surface area (Å²) >= 11 is 1.59. The number of rotatable bonds is 10. The van der Waals surface area contributed by atoms with Gasteiger partial charge in [-0.3, -0.25) is 0 Å². The number of methoxy groups -OCH3 is 1. The second kappa shape index (κ2) is 11.9. The summed E-state index contributed by atoms with van der Waals surface area (Å²) in [4.78, 5) is 18.2. The van der Waals surface area contributed by atoms with Gasteiger partial charge in [0.05, 0.1) is 25.0 Å². The monoisotopic (exact) mass is 486 g/mol. The Balaban J connectivity index is 1.64. The summed E-state index contributed by atoms with van der Waals surface area (Å²) in [5.74, 6) is 0.647. The van der Waals surface area contributed by atoms with Gasteiger partial charge in [0.15, 0.2) is 0 Å². The van der Waals surface area contributed by atoms with Crippen LogP contribution in [0.15, 0.2) is 88.8 Å². The third kappa shape index (κ3) is 5.84. The minimum atomic E-state index is -0.348. The molecule has 5 nitrogen and oxygen atoms in total. The van der Waals surface area contributed by atoms with E-state index in [1.807, 2.05) is 48.5 Å². The largest absolute Gasteiger partial charge is 0.465 e. The number of aliphatic hydroxyl groups excluding tert-OH is 1. The normalized spacial score (nSPS) is 10.9. The summed E-state index contributed by atoms with van der Waals surface area (Å²) in [6.45, 7) is 2.72. The average Bonchev–Trinajstić information content (AvgIpc) is 3.23. The molecule has 0 aliphatic rings. The molecule has 0 unspecified atom stereocenters. The van der Waals surface area contributed by atoms with Crippen LogP contribution in [0, 0.1) is 0 Å². The van der Waals surface area contributed by atoms with Gasteiger partial charge in [-0.1, -0.05) is 85.8 Å². The van der Waals surface area contributed by atoms with E-state index in [4.69, 9.17) is 9.72 Å². The Bertz CT molecular complexity index is 1270. The maximum absolute atomic E-state index is 12.2. The highest BCUT2D eigenvalue weighted by Gasteiger charge is 2.18. The molecule has 0 aliphatic carbocycles. The lowest BCUT2D eigenvalue weighted by molar-refractivity contribution is 0.0601. The first kappa shape index (κ1) is 24.8. The van der Waals surface area contributed by atoms with Crippen molar-refractivity contribution in [2.24, 2.45) is 0 Å². The molecule has 1 N–H and O–H groups in total. The minimum absolute atomic E-state index is 0.0706. The van der Waals surface area contributed by atoms with Crippen molar-refractivity contribution >= 4 is 17.7 Å². The van der Waals surface area contributed by atoms with E-state index < -0.39 is 0 Å². The smallest absolute Gasteiger partial charge is 0.338 e. The van der Waals surface area contributed by atoms with Crippen LogP contribution in [0.1, 0.15) is 47.2 Å². The molecule has 0 saturated heterocycles. The summed E-state index contributed by atoms with van der Waals surface area (Å²) in [6, 6.07) is 25.8. The van der Waals surface area contributed by atoms with Crippen LogP contribution >= 0.6 is 11.8 Å². The third-order valence-corrected chi connectivity index (χ3v) is 6.94. The molecule has 0 amide bonds. The van der Waals surface area contributed by atoms with Crippen molar-refractivity contribution in [3.05, 3.63) is 102 Å². The average molecular weight is 487 g/mol. The lowest BCUT2D eigenvalue weighted by Gasteiger charge is -2.13. The zero-order valence-corrected chi connectivity index (χ0v) is 20.9. The van der Waals surface area contributed by atoms with Crippen LogP contribution in [0.5, 0.6) is 0 Å². The Hall–Kier alpha value is -3.35. The molecule has 3 aromatic carbocycles. The molecule has 35 heavy (non-hydrogen) atoms. The number of unbranched alkanes of at least 4 members (excludes halogenated alkanes) is 1. The molecular weight excluding hydrogens is 456 g/mol. The first-order valence-corrected chi connectivity index (χ1v) is 12.6. The number of esters is 1. The number of nitrogens with zero attached hydrogens (tertiary/aromatic N) is 2. The number of ether oxygens (including phenoxy) is 1. The van der Waals surface area contributed by atoms with E-state index in [0.717, 1.165) is 57.4 Å². The molecule has 0 aliphatic heterocycles. The summed E-state index contributed by atoms with van der Waals surface area (Å²) < 4.78 is 7.09. The van der Waals surface area contributed by atoms with Crippen molar-refractivity contribution in [2.75, 3.05) is 7.11 Å². The standard InChI is InChI=1S/C29H30N2O3S/c1-3-4-14-27-30-28(35-23-10-6-5-7-11-23)26(20-32)31(27)19-21-15-17-22(18-16-21)24-12-8-9-13-25(24)29(33)34-2/h5-13,15-18,32H,3-4,14,19-20H2,1-2H3. The number of aliphatic hydroxyl groups is 1.